The fraction of sp³-hybridized carbons (Fsp3) is 1.00. The molecule has 0 saturated heterocycles. The van der Waals surface area contributed by atoms with E-state index in [9.17, 15) is 17.7 Å². The van der Waals surface area contributed by atoms with Gasteiger partial charge < -0.3 is 14.2 Å². The Bertz CT molecular complexity index is 232. The van der Waals surface area contributed by atoms with E-state index in [1.165, 1.54) is 0 Å². The zero-order valence-corrected chi connectivity index (χ0v) is 10.1. The highest BCUT2D eigenvalue weighted by Gasteiger charge is 2.53. The summed E-state index contributed by atoms with van der Waals surface area (Å²) in [5.41, 5.74) is 0. The van der Waals surface area contributed by atoms with Crippen LogP contribution in [0.1, 0.15) is 26.7 Å². The second kappa shape index (κ2) is 6.59. The molecule has 0 aliphatic heterocycles. The molecule has 0 fully saturated rings. The third-order valence-electron chi connectivity index (χ3n) is 1.54. The summed E-state index contributed by atoms with van der Waals surface area (Å²) in [5.74, 6) is -3.09. The van der Waals surface area contributed by atoms with Gasteiger partial charge in [-0.25, -0.2) is 0 Å². The van der Waals surface area contributed by atoms with Crippen molar-refractivity contribution >= 4 is 7.60 Å². The molecule has 98 valence electrons. The normalized spacial score (nSPS) is 15.1. The average Bonchev–Trinajstić information content (AvgIpc) is 2.21. The molecule has 0 aromatic heterocycles. The van der Waals surface area contributed by atoms with Gasteiger partial charge in [-0.2, -0.15) is 13.2 Å². The van der Waals surface area contributed by atoms with E-state index in [2.05, 4.69) is 9.05 Å². The molecule has 0 unspecified atom stereocenters. The zero-order chi connectivity index (χ0) is 12.8. The quantitative estimate of drug-likeness (QED) is 0.718. The molecule has 8 heteroatoms. The molecule has 0 rings (SSSR count). The first-order chi connectivity index (χ1) is 7.28. The molecule has 0 aliphatic carbocycles. The zero-order valence-electron chi connectivity index (χ0n) is 9.16. The lowest BCUT2D eigenvalue weighted by Crippen LogP contribution is -2.30. The second-order valence-electron chi connectivity index (χ2n) is 3.12. The maximum Gasteiger partial charge on any atom is 0.426 e. The third-order valence-corrected chi connectivity index (χ3v) is 3.52. The highest BCUT2D eigenvalue weighted by Crippen LogP contribution is 2.57. The molecule has 16 heavy (non-hydrogen) atoms. The number of hydrogen-bond acceptors (Lipinski definition) is 4. The number of halogens is 3. The van der Waals surface area contributed by atoms with Crippen molar-refractivity contribution in [2.45, 2.75) is 38.7 Å². The Morgan fingerprint density at radius 1 is 1.19 bits per heavy atom. The van der Waals surface area contributed by atoms with E-state index in [-0.39, 0.29) is 13.2 Å². The SMILES string of the molecule is CCCOP(=O)(OCCC)[C@H](O)C(F)(F)F. The van der Waals surface area contributed by atoms with Crippen LogP contribution < -0.4 is 0 Å². The van der Waals surface area contributed by atoms with Crippen LogP contribution in [0, 0.1) is 0 Å². The van der Waals surface area contributed by atoms with Gasteiger partial charge in [-0.05, 0) is 12.8 Å². The van der Waals surface area contributed by atoms with Gasteiger partial charge in [0.25, 0.3) is 5.85 Å². The summed E-state index contributed by atoms with van der Waals surface area (Å²) in [6.45, 7) is 2.97. The van der Waals surface area contributed by atoms with Crippen molar-refractivity contribution in [3.05, 3.63) is 0 Å². The van der Waals surface area contributed by atoms with E-state index >= 15 is 0 Å². The van der Waals surface area contributed by atoms with Crippen molar-refractivity contribution in [3.63, 3.8) is 0 Å². The average molecular weight is 264 g/mol. The minimum atomic E-state index is -5.02. The monoisotopic (exact) mass is 264 g/mol. The molecule has 1 N–H and O–H groups in total. The van der Waals surface area contributed by atoms with Crippen LogP contribution in [0.4, 0.5) is 13.2 Å². The van der Waals surface area contributed by atoms with Crippen LogP contribution in [-0.2, 0) is 13.6 Å². The maximum absolute atomic E-state index is 12.2. The lowest BCUT2D eigenvalue weighted by atomic mass is 10.5. The fourth-order valence-corrected chi connectivity index (χ4v) is 2.38. The smallest absolute Gasteiger partial charge is 0.373 e. The van der Waals surface area contributed by atoms with Crippen LogP contribution in [-0.4, -0.2) is 30.3 Å². The molecule has 0 saturated carbocycles. The minimum absolute atomic E-state index is 0.159. The number of rotatable bonds is 7. The summed E-state index contributed by atoms with van der Waals surface area (Å²) in [6, 6.07) is 0. The van der Waals surface area contributed by atoms with Gasteiger partial charge in [0.05, 0.1) is 13.2 Å². The molecule has 1 atom stereocenters. The van der Waals surface area contributed by atoms with Crippen molar-refractivity contribution in [1.82, 2.24) is 0 Å². The Labute approximate surface area is 92.3 Å². The van der Waals surface area contributed by atoms with Crippen LogP contribution in [0.3, 0.4) is 0 Å². The molecular formula is C8H16F3O4P. The lowest BCUT2D eigenvalue weighted by molar-refractivity contribution is -0.182. The van der Waals surface area contributed by atoms with Gasteiger partial charge in [-0.3, -0.25) is 4.57 Å². The molecule has 0 aromatic rings. The minimum Gasteiger partial charge on any atom is -0.373 e. The molecule has 0 heterocycles. The van der Waals surface area contributed by atoms with Gasteiger partial charge >= 0.3 is 13.8 Å². The van der Waals surface area contributed by atoms with Crippen molar-refractivity contribution < 1.29 is 31.9 Å². The largest absolute Gasteiger partial charge is 0.426 e. The number of hydrogen-bond donors (Lipinski definition) is 1. The molecule has 0 amide bonds. The van der Waals surface area contributed by atoms with Crippen LogP contribution in [0.15, 0.2) is 0 Å². The number of aliphatic hydroxyl groups is 1. The Morgan fingerprint density at radius 3 is 1.81 bits per heavy atom. The summed E-state index contributed by atoms with van der Waals surface area (Å²) < 4.78 is 57.4. The van der Waals surface area contributed by atoms with Gasteiger partial charge in [0.1, 0.15) is 0 Å². The second-order valence-corrected chi connectivity index (χ2v) is 5.21. The first kappa shape index (κ1) is 15.9. The van der Waals surface area contributed by atoms with Crippen molar-refractivity contribution in [1.29, 1.82) is 0 Å². The molecule has 0 bridgehead atoms. The third kappa shape index (κ3) is 4.82. The first-order valence-electron chi connectivity index (χ1n) is 4.91. The van der Waals surface area contributed by atoms with E-state index in [0.717, 1.165) is 0 Å². The highest BCUT2D eigenvalue weighted by molar-refractivity contribution is 7.54. The summed E-state index contributed by atoms with van der Waals surface area (Å²) in [5, 5.41) is 8.92. The predicted molar refractivity (Wildman–Crippen MR) is 52.2 cm³/mol. The first-order valence-corrected chi connectivity index (χ1v) is 6.52. The fourth-order valence-electron chi connectivity index (χ4n) is 0.795. The van der Waals surface area contributed by atoms with Gasteiger partial charge in [0, 0.05) is 0 Å². The summed E-state index contributed by atoms with van der Waals surface area (Å²) in [4.78, 5) is 0. The van der Waals surface area contributed by atoms with Crippen LogP contribution in [0.25, 0.3) is 0 Å². The van der Waals surface area contributed by atoms with E-state index in [1.807, 2.05) is 0 Å². The summed E-state index contributed by atoms with van der Waals surface area (Å²) >= 11 is 0. The topological polar surface area (TPSA) is 55.8 Å². The molecule has 4 nitrogen and oxygen atoms in total. The lowest BCUT2D eigenvalue weighted by Gasteiger charge is -2.24. The Morgan fingerprint density at radius 2 is 1.56 bits per heavy atom. The van der Waals surface area contributed by atoms with Gasteiger partial charge in [-0.15, -0.1) is 0 Å². The number of alkyl halides is 3. The van der Waals surface area contributed by atoms with Crippen molar-refractivity contribution in [2.24, 2.45) is 0 Å². The molecule has 0 aromatic carbocycles. The van der Waals surface area contributed by atoms with Gasteiger partial charge in [0.15, 0.2) is 0 Å². The Kier molecular flexibility index (Phi) is 6.55. The molecule has 0 radical (unpaired) electrons. The molecule has 0 aliphatic rings. The Hall–Kier alpha value is -0.100. The van der Waals surface area contributed by atoms with E-state index < -0.39 is 19.6 Å². The van der Waals surface area contributed by atoms with Gasteiger partial charge in [0.2, 0.25) is 0 Å². The van der Waals surface area contributed by atoms with E-state index in [4.69, 9.17) is 5.11 Å². The van der Waals surface area contributed by atoms with Crippen LogP contribution >= 0.6 is 7.60 Å². The van der Waals surface area contributed by atoms with Gasteiger partial charge in [-0.1, -0.05) is 13.8 Å². The van der Waals surface area contributed by atoms with Crippen LogP contribution in [0.2, 0.25) is 0 Å². The van der Waals surface area contributed by atoms with E-state index in [1.54, 1.807) is 13.8 Å². The summed E-state index contributed by atoms with van der Waals surface area (Å²) in [6.07, 6.45) is -4.26. The maximum atomic E-state index is 12.2. The standard InChI is InChI=1S/C8H16F3O4P/c1-3-5-14-16(13,15-6-4-2)7(12)8(9,10)11/h7,12H,3-6H2,1-2H3/t7-/m0/s1. The van der Waals surface area contributed by atoms with Crippen molar-refractivity contribution in [2.75, 3.05) is 13.2 Å². The molecular weight excluding hydrogens is 248 g/mol. The van der Waals surface area contributed by atoms with E-state index in [0.29, 0.717) is 12.8 Å². The molecule has 0 spiro atoms. The van der Waals surface area contributed by atoms with Crippen molar-refractivity contribution in [3.8, 4) is 0 Å². The van der Waals surface area contributed by atoms with Crippen LogP contribution in [0.5, 0.6) is 0 Å². The summed E-state index contributed by atoms with van der Waals surface area (Å²) in [7, 11) is -4.53. The number of aliphatic hydroxyl groups excluding tert-OH is 1. The highest BCUT2D eigenvalue weighted by atomic mass is 31.2. The Balaban J connectivity index is 4.70. The predicted octanol–water partition coefficient (Wildman–Crippen LogP) is 2.91.